The molecule has 0 spiro atoms. The largest absolute Gasteiger partial charge is 0.398 e. The number of nitrogens with two attached hydrogens (primary N) is 1. The van der Waals surface area contributed by atoms with Crippen LogP contribution >= 0.6 is 0 Å². The second kappa shape index (κ2) is 4.53. The third-order valence-corrected chi connectivity index (χ3v) is 2.90. The average molecular weight is 252 g/mol. The third-order valence-electron chi connectivity index (χ3n) is 2.90. The number of aromatic nitrogens is 3. The topological polar surface area (TPSA) is 77.8 Å². The first-order valence-electron chi connectivity index (χ1n) is 5.85. The Morgan fingerprint density at radius 1 is 1.11 bits per heavy atom. The predicted octanol–water partition coefficient (Wildman–Crippen LogP) is 2.69. The highest BCUT2D eigenvalue weighted by Crippen LogP contribution is 2.27. The van der Waals surface area contributed by atoms with Crippen molar-refractivity contribution in [3.05, 3.63) is 48.3 Å². The minimum atomic E-state index is 0.413. The van der Waals surface area contributed by atoms with E-state index < -0.39 is 0 Å². The van der Waals surface area contributed by atoms with Gasteiger partial charge in [0, 0.05) is 23.6 Å². The summed E-state index contributed by atoms with van der Waals surface area (Å²) in [5.41, 5.74) is 9.14. The number of hydrogen-bond donors (Lipinski definition) is 1. The van der Waals surface area contributed by atoms with E-state index in [1.165, 1.54) is 0 Å². The molecule has 0 aliphatic heterocycles. The van der Waals surface area contributed by atoms with Crippen LogP contribution in [0.4, 0.5) is 5.69 Å². The first-order chi connectivity index (χ1) is 9.25. The fourth-order valence-electron chi connectivity index (χ4n) is 1.83. The lowest BCUT2D eigenvalue weighted by atomic mass is 10.1. The number of anilines is 1. The molecule has 0 fully saturated rings. The number of hydrogen-bond acceptors (Lipinski definition) is 5. The van der Waals surface area contributed by atoms with Crippen LogP contribution in [0.25, 0.3) is 22.8 Å². The van der Waals surface area contributed by atoms with Gasteiger partial charge >= 0.3 is 0 Å². The highest BCUT2D eigenvalue weighted by molar-refractivity contribution is 5.71. The van der Waals surface area contributed by atoms with Crippen LogP contribution in [0.1, 0.15) is 5.56 Å². The number of benzene rings is 1. The predicted molar refractivity (Wildman–Crippen MR) is 72.1 cm³/mol. The third kappa shape index (κ3) is 2.06. The number of nitrogens with zero attached hydrogens (tertiary/aromatic N) is 3. The van der Waals surface area contributed by atoms with Crippen molar-refractivity contribution in [3.8, 4) is 22.8 Å². The second-order valence-corrected chi connectivity index (χ2v) is 4.20. The number of nitrogen functional groups attached to an aromatic ring is 1. The Balaban J connectivity index is 2.06. The van der Waals surface area contributed by atoms with Crippen LogP contribution in [0.15, 0.2) is 47.2 Å². The molecular formula is C14H12N4O. The van der Waals surface area contributed by atoms with Gasteiger partial charge in [-0.05, 0) is 30.7 Å². The lowest BCUT2D eigenvalue weighted by Crippen LogP contribution is -1.90. The van der Waals surface area contributed by atoms with Gasteiger partial charge in [0.1, 0.15) is 0 Å². The standard InChI is InChI=1S/C14H12N4O/c1-9-6-7-16-8-11(9)13-17-14(19-18-13)10-4-2-3-5-12(10)15/h2-8H,15H2,1H3. The van der Waals surface area contributed by atoms with Gasteiger partial charge in [-0.1, -0.05) is 17.3 Å². The summed E-state index contributed by atoms with van der Waals surface area (Å²) < 4.78 is 5.27. The molecule has 3 rings (SSSR count). The van der Waals surface area contributed by atoms with Crippen molar-refractivity contribution in [2.24, 2.45) is 0 Å². The molecule has 0 unspecified atom stereocenters. The van der Waals surface area contributed by atoms with Crippen molar-refractivity contribution in [2.45, 2.75) is 6.92 Å². The van der Waals surface area contributed by atoms with E-state index in [2.05, 4.69) is 15.1 Å². The minimum Gasteiger partial charge on any atom is -0.398 e. The van der Waals surface area contributed by atoms with Gasteiger partial charge in [-0.25, -0.2) is 0 Å². The Bertz CT molecular complexity index is 661. The maximum Gasteiger partial charge on any atom is 0.260 e. The van der Waals surface area contributed by atoms with Crippen molar-refractivity contribution in [2.75, 3.05) is 5.73 Å². The van der Waals surface area contributed by atoms with E-state index in [0.29, 0.717) is 17.4 Å². The molecule has 0 aliphatic carbocycles. The van der Waals surface area contributed by atoms with E-state index in [4.69, 9.17) is 10.3 Å². The zero-order valence-corrected chi connectivity index (χ0v) is 10.4. The molecule has 2 N–H and O–H groups in total. The first-order valence-corrected chi connectivity index (χ1v) is 5.85. The Hall–Kier alpha value is -2.69. The second-order valence-electron chi connectivity index (χ2n) is 4.20. The number of pyridine rings is 1. The molecule has 94 valence electrons. The fraction of sp³-hybridized carbons (Fsp3) is 0.0714. The Labute approximate surface area is 110 Å². The van der Waals surface area contributed by atoms with Gasteiger partial charge in [-0.2, -0.15) is 4.98 Å². The molecule has 0 aliphatic rings. The molecular weight excluding hydrogens is 240 g/mol. The van der Waals surface area contributed by atoms with Crippen molar-refractivity contribution in [1.82, 2.24) is 15.1 Å². The fourth-order valence-corrected chi connectivity index (χ4v) is 1.83. The van der Waals surface area contributed by atoms with Crippen molar-refractivity contribution in [1.29, 1.82) is 0 Å². The summed E-state index contributed by atoms with van der Waals surface area (Å²) in [5, 5.41) is 3.98. The van der Waals surface area contributed by atoms with Gasteiger partial charge in [-0.15, -0.1) is 0 Å². The molecule has 5 nitrogen and oxygen atoms in total. The molecule has 1 aromatic carbocycles. The van der Waals surface area contributed by atoms with Crippen LogP contribution in [0.3, 0.4) is 0 Å². The van der Waals surface area contributed by atoms with E-state index in [1.54, 1.807) is 18.5 Å². The minimum absolute atomic E-state index is 0.413. The zero-order chi connectivity index (χ0) is 13.2. The Kier molecular flexibility index (Phi) is 2.72. The van der Waals surface area contributed by atoms with Gasteiger partial charge in [0.2, 0.25) is 5.82 Å². The lowest BCUT2D eigenvalue weighted by Gasteiger charge is -1.98. The summed E-state index contributed by atoms with van der Waals surface area (Å²) >= 11 is 0. The molecule has 0 bridgehead atoms. The SMILES string of the molecule is Cc1ccncc1-c1noc(-c2ccccc2N)n1. The van der Waals surface area contributed by atoms with E-state index in [9.17, 15) is 0 Å². The lowest BCUT2D eigenvalue weighted by molar-refractivity contribution is 0.432. The number of para-hydroxylation sites is 1. The summed E-state index contributed by atoms with van der Waals surface area (Å²) in [5.74, 6) is 0.931. The summed E-state index contributed by atoms with van der Waals surface area (Å²) in [6, 6.07) is 9.30. The molecule has 19 heavy (non-hydrogen) atoms. The summed E-state index contributed by atoms with van der Waals surface area (Å²) in [6.45, 7) is 1.98. The smallest absolute Gasteiger partial charge is 0.260 e. The molecule has 0 saturated carbocycles. The molecule has 2 aromatic heterocycles. The van der Waals surface area contributed by atoms with E-state index in [0.717, 1.165) is 16.7 Å². The Morgan fingerprint density at radius 3 is 2.74 bits per heavy atom. The number of aryl methyl sites for hydroxylation is 1. The van der Waals surface area contributed by atoms with Crippen LogP contribution in [0, 0.1) is 6.92 Å². The van der Waals surface area contributed by atoms with Gasteiger partial charge in [-0.3, -0.25) is 4.98 Å². The Morgan fingerprint density at radius 2 is 1.95 bits per heavy atom. The molecule has 0 amide bonds. The van der Waals surface area contributed by atoms with Crippen molar-refractivity contribution in [3.63, 3.8) is 0 Å². The highest BCUT2D eigenvalue weighted by Gasteiger charge is 2.13. The first kappa shape index (κ1) is 11.4. The van der Waals surface area contributed by atoms with Gasteiger partial charge in [0.05, 0.1) is 5.56 Å². The van der Waals surface area contributed by atoms with Crippen LogP contribution in [-0.4, -0.2) is 15.1 Å². The normalized spacial score (nSPS) is 10.6. The van der Waals surface area contributed by atoms with Crippen LogP contribution in [-0.2, 0) is 0 Å². The molecule has 3 aromatic rings. The van der Waals surface area contributed by atoms with Crippen LogP contribution in [0.5, 0.6) is 0 Å². The summed E-state index contributed by atoms with van der Waals surface area (Å²) in [7, 11) is 0. The highest BCUT2D eigenvalue weighted by atomic mass is 16.5. The van der Waals surface area contributed by atoms with Gasteiger partial charge in [0.15, 0.2) is 0 Å². The van der Waals surface area contributed by atoms with E-state index in [1.807, 2.05) is 31.2 Å². The van der Waals surface area contributed by atoms with Gasteiger partial charge < -0.3 is 10.3 Å². The maximum absolute atomic E-state index is 5.89. The van der Waals surface area contributed by atoms with Gasteiger partial charge in [0.25, 0.3) is 5.89 Å². The molecule has 2 heterocycles. The molecule has 0 atom stereocenters. The summed E-state index contributed by atoms with van der Waals surface area (Å²) in [4.78, 5) is 8.45. The molecule has 0 radical (unpaired) electrons. The van der Waals surface area contributed by atoms with E-state index >= 15 is 0 Å². The average Bonchev–Trinajstić information content (AvgIpc) is 2.89. The van der Waals surface area contributed by atoms with Crippen molar-refractivity contribution >= 4 is 5.69 Å². The summed E-state index contributed by atoms with van der Waals surface area (Å²) in [6.07, 6.45) is 3.45. The number of rotatable bonds is 2. The monoisotopic (exact) mass is 252 g/mol. The van der Waals surface area contributed by atoms with E-state index in [-0.39, 0.29) is 0 Å². The van der Waals surface area contributed by atoms with Crippen LogP contribution < -0.4 is 5.73 Å². The maximum atomic E-state index is 5.89. The van der Waals surface area contributed by atoms with Crippen molar-refractivity contribution < 1.29 is 4.52 Å². The molecule has 5 heteroatoms. The zero-order valence-electron chi connectivity index (χ0n) is 10.4. The van der Waals surface area contributed by atoms with Crippen LogP contribution in [0.2, 0.25) is 0 Å². The quantitative estimate of drug-likeness (QED) is 0.709. The molecule has 0 saturated heterocycles.